The molecule has 28 heavy (non-hydrogen) atoms. The van der Waals surface area contributed by atoms with Crippen LogP contribution < -0.4 is 14.8 Å². The summed E-state index contributed by atoms with van der Waals surface area (Å²) in [5.41, 5.74) is 0.679. The van der Waals surface area contributed by atoms with Crippen LogP contribution >= 0.6 is 35.7 Å². The molecule has 1 aromatic carbocycles. The van der Waals surface area contributed by atoms with Gasteiger partial charge in [-0.25, -0.2) is 0 Å². The zero-order valence-electron chi connectivity index (χ0n) is 15.3. The molecule has 2 saturated heterocycles. The van der Waals surface area contributed by atoms with E-state index in [1.165, 1.54) is 12.0 Å². The van der Waals surface area contributed by atoms with Crippen molar-refractivity contribution in [1.82, 2.24) is 10.2 Å². The Labute approximate surface area is 176 Å². The number of aliphatic hydroxyl groups is 1. The van der Waals surface area contributed by atoms with Crippen molar-refractivity contribution in [2.75, 3.05) is 32.3 Å². The van der Waals surface area contributed by atoms with E-state index in [0.29, 0.717) is 37.8 Å². The van der Waals surface area contributed by atoms with E-state index in [4.69, 9.17) is 21.7 Å². The molecule has 2 atom stereocenters. The lowest BCUT2D eigenvalue weighted by Gasteiger charge is -2.18. The molecule has 0 aliphatic carbocycles. The van der Waals surface area contributed by atoms with E-state index >= 15 is 0 Å². The molecule has 0 saturated carbocycles. The van der Waals surface area contributed by atoms with Crippen LogP contribution in [0.3, 0.4) is 0 Å². The molecule has 2 heterocycles. The van der Waals surface area contributed by atoms with Gasteiger partial charge in [0.1, 0.15) is 10.9 Å². The highest BCUT2D eigenvalue weighted by molar-refractivity contribution is 8.26. The van der Waals surface area contributed by atoms with Crippen molar-refractivity contribution in [3.05, 3.63) is 28.7 Å². The lowest BCUT2D eigenvalue weighted by molar-refractivity contribution is -0.129. The maximum atomic E-state index is 12.8. The number of nitrogens with zero attached hydrogens (tertiary/aromatic N) is 1. The second-order valence-electron chi connectivity index (χ2n) is 6.13. The van der Waals surface area contributed by atoms with Crippen LogP contribution in [-0.4, -0.2) is 70.6 Å². The molecule has 10 heteroatoms. The smallest absolute Gasteiger partial charge is 0.266 e. The highest BCUT2D eigenvalue weighted by atomic mass is 32.2. The monoisotopic (exact) mass is 440 g/mol. The van der Waals surface area contributed by atoms with E-state index in [2.05, 4.69) is 5.32 Å². The molecule has 2 amide bonds. The normalized spacial score (nSPS) is 23.4. The number of benzene rings is 1. The molecule has 2 aliphatic rings. The van der Waals surface area contributed by atoms with Crippen LogP contribution in [-0.2, 0) is 9.59 Å². The van der Waals surface area contributed by atoms with Crippen molar-refractivity contribution >= 4 is 58.0 Å². The molecule has 2 fully saturated rings. The van der Waals surface area contributed by atoms with Crippen LogP contribution in [0.15, 0.2) is 23.1 Å². The van der Waals surface area contributed by atoms with Gasteiger partial charge >= 0.3 is 0 Å². The van der Waals surface area contributed by atoms with Gasteiger partial charge in [-0.2, -0.15) is 11.8 Å². The largest absolute Gasteiger partial charge is 0.493 e. The zero-order chi connectivity index (χ0) is 20.3. The summed E-state index contributed by atoms with van der Waals surface area (Å²) in [5.74, 6) is 1.64. The zero-order valence-corrected chi connectivity index (χ0v) is 17.8. The fraction of sp³-hybridized carbons (Fsp3) is 0.389. The Kier molecular flexibility index (Phi) is 6.86. The second-order valence-corrected chi connectivity index (χ2v) is 8.88. The summed E-state index contributed by atoms with van der Waals surface area (Å²) in [6.45, 7) is -0.175. The first-order valence-electron chi connectivity index (χ1n) is 8.46. The second kappa shape index (κ2) is 9.17. The number of methoxy groups -OCH3 is 2. The van der Waals surface area contributed by atoms with Gasteiger partial charge in [-0.15, -0.1) is 0 Å². The van der Waals surface area contributed by atoms with Gasteiger partial charge in [-0.05, 0) is 12.1 Å². The minimum absolute atomic E-state index is 0.175. The lowest BCUT2D eigenvalue weighted by Crippen LogP contribution is -2.47. The SMILES string of the molecule is COc1cccc(/C=C2\SC(=S)N(CC(=O)N[C@H]3CSC[C@@H]3O)C2=O)c1OC. The van der Waals surface area contributed by atoms with Crippen molar-refractivity contribution in [3.8, 4) is 11.5 Å². The van der Waals surface area contributed by atoms with E-state index in [9.17, 15) is 14.7 Å². The third-order valence-electron chi connectivity index (χ3n) is 4.29. The Morgan fingerprint density at radius 2 is 2.18 bits per heavy atom. The first-order chi connectivity index (χ1) is 13.4. The molecule has 0 unspecified atom stereocenters. The lowest BCUT2D eigenvalue weighted by atomic mass is 10.1. The van der Waals surface area contributed by atoms with E-state index in [1.54, 1.807) is 43.1 Å². The Bertz CT molecular complexity index is 829. The number of amides is 2. The first-order valence-corrected chi connectivity index (χ1v) is 10.8. The summed E-state index contributed by atoms with van der Waals surface area (Å²) in [5, 5.41) is 12.6. The van der Waals surface area contributed by atoms with Crippen molar-refractivity contribution in [3.63, 3.8) is 0 Å². The van der Waals surface area contributed by atoms with Crippen LogP contribution in [0.5, 0.6) is 11.5 Å². The summed E-state index contributed by atoms with van der Waals surface area (Å²) < 4.78 is 11.0. The molecular formula is C18H20N2O5S3. The van der Waals surface area contributed by atoms with Crippen molar-refractivity contribution in [2.45, 2.75) is 12.1 Å². The van der Waals surface area contributed by atoms with Crippen LogP contribution in [0.2, 0.25) is 0 Å². The maximum absolute atomic E-state index is 12.8. The van der Waals surface area contributed by atoms with Gasteiger partial charge < -0.3 is 19.9 Å². The average molecular weight is 441 g/mol. The number of ether oxygens (including phenoxy) is 2. The predicted octanol–water partition coefficient (Wildman–Crippen LogP) is 1.50. The molecular weight excluding hydrogens is 420 g/mol. The summed E-state index contributed by atoms with van der Waals surface area (Å²) in [7, 11) is 3.07. The van der Waals surface area contributed by atoms with Crippen molar-refractivity contribution in [1.29, 1.82) is 0 Å². The summed E-state index contributed by atoms with van der Waals surface area (Å²) in [6, 6.07) is 5.07. The molecule has 2 aliphatic heterocycles. The first kappa shape index (κ1) is 21.0. The standard InChI is InChI=1S/C18H20N2O5S3/c1-24-13-5-3-4-10(16(13)25-2)6-14-17(23)20(18(26)28-14)7-15(22)19-11-8-27-9-12(11)21/h3-6,11-12,21H,7-9H2,1-2H3,(H,19,22)/b14-6-/t11-,12-/m0/s1. The van der Waals surface area contributed by atoms with Gasteiger partial charge in [0.05, 0.1) is 31.3 Å². The van der Waals surface area contributed by atoms with Crippen molar-refractivity contribution in [2.24, 2.45) is 0 Å². The number of carbonyl (C=O) groups excluding carboxylic acids is 2. The van der Waals surface area contributed by atoms with Gasteiger partial charge in [0, 0.05) is 17.1 Å². The fourth-order valence-corrected chi connectivity index (χ4v) is 5.30. The number of nitrogens with one attached hydrogen (secondary N) is 1. The van der Waals surface area contributed by atoms with E-state index in [-0.39, 0.29) is 24.4 Å². The molecule has 1 aromatic rings. The van der Waals surface area contributed by atoms with Crippen LogP contribution in [0.25, 0.3) is 6.08 Å². The van der Waals surface area contributed by atoms with Crippen molar-refractivity contribution < 1.29 is 24.2 Å². The molecule has 0 spiro atoms. The number of hydrogen-bond acceptors (Lipinski definition) is 8. The fourth-order valence-electron chi connectivity index (χ4n) is 2.88. The summed E-state index contributed by atoms with van der Waals surface area (Å²) in [4.78, 5) is 26.7. The minimum atomic E-state index is -0.569. The van der Waals surface area contributed by atoms with Gasteiger partial charge in [0.15, 0.2) is 11.5 Å². The van der Waals surface area contributed by atoms with E-state index < -0.39 is 6.10 Å². The summed E-state index contributed by atoms with van der Waals surface area (Å²) >= 11 is 7.99. The number of hydrogen-bond donors (Lipinski definition) is 2. The Morgan fingerprint density at radius 3 is 2.82 bits per heavy atom. The molecule has 0 bridgehead atoms. The van der Waals surface area contributed by atoms with Crippen LogP contribution in [0.4, 0.5) is 0 Å². The van der Waals surface area contributed by atoms with Crippen LogP contribution in [0, 0.1) is 0 Å². The van der Waals surface area contributed by atoms with Gasteiger partial charge in [0.25, 0.3) is 5.91 Å². The summed E-state index contributed by atoms with van der Waals surface area (Å²) in [6.07, 6.45) is 1.11. The Morgan fingerprint density at radius 1 is 1.39 bits per heavy atom. The van der Waals surface area contributed by atoms with E-state index in [0.717, 1.165) is 11.8 Å². The predicted molar refractivity (Wildman–Crippen MR) is 115 cm³/mol. The topological polar surface area (TPSA) is 88.1 Å². The van der Waals surface area contributed by atoms with Gasteiger partial charge in [0.2, 0.25) is 5.91 Å². The molecule has 150 valence electrons. The number of para-hydroxylation sites is 1. The molecule has 2 N–H and O–H groups in total. The molecule has 0 radical (unpaired) electrons. The third kappa shape index (κ3) is 4.45. The number of carbonyl (C=O) groups is 2. The number of thioether (sulfide) groups is 2. The highest BCUT2D eigenvalue weighted by Crippen LogP contribution is 2.37. The molecule has 0 aromatic heterocycles. The minimum Gasteiger partial charge on any atom is -0.493 e. The molecule has 3 rings (SSSR count). The highest BCUT2D eigenvalue weighted by Gasteiger charge is 2.35. The van der Waals surface area contributed by atoms with Gasteiger partial charge in [-0.3, -0.25) is 14.5 Å². The third-order valence-corrected chi connectivity index (χ3v) is 6.84. The van der Waals surface area contributed by atoms with Crippen LogP contribution in [0.1, 0.15) is 5.56 Å². The number of rotatable bonds is 6. The number of thiocarbonyl (C=S) groups is 1. The van der Waals surface area contributed by atoms with E-state index in [1.807, 2.05) is 0 Å². The Balaban J connectivity index is 1.73. The molecule has 7 nitrogen and oxygen atoms in total. The Hall–Kier alpha value is -1.75. The maximum Gasteiger partial charge on any atom is 0.266 e. The average Bonchev–Trinajstić information content (AvgIpc) is 3.19. The quantitative estimate of drug-likeness (QED) is 0.508. The number of aliphatic hydroxyl groups excluding tert-OH is 1. The van der Waals surface area contributed by atoms with Gasteiger partial charge in [-0.1, -0.05) is 36.1 Å².